The molecule has 0 aliphatic heterocycles. The molecule has 114 valence electrons. The van der Waals surface area contributed by atoms with Gasteiger partial charge in [0.2, 0.25) is 0 Å². The largest absolute Gasteiger partial charge is 0.494 e. The Labute approximate surface area is 128 Å². The minimum absolute atomic E-state index is 0.117. The molecule has 0 aliphatic carbocycles. The van der Waals surface area contributed by atoms with Crippen LogP contribution in [-0.4, -0.2) is 17.7 Å². The molecule has 2 aromatic rings. The second kappa shape index (κ2) is 6.89. The van der Waals surface area contributed by atoms with Crippen molar-refractivity contribution in [2.24, 2.45) is 0 Å². The van der Waals surface area contributed by atoms with E-state index in [0.29, 0.717) is 23.5 Å². The molecule has 0 bridgehead atoms. The zero-order chi connectivity index (χ0) is 16.1. The SMILES string of the molecule is CCOc1ccc(/C(=C/c2cccc(F)c2)C(=O)O)c(C)c1. The van der Waals surface area contributed by atoms with Crippen LogP contribution in [0.4, 0.5) is 4.39 Å². The predicted octanol–water partition coefficient (Wildman–Crippen LogP) is 4.16. The summed E-state index contributed by atoms with van der Waals surface area (Å²) in [7, 11) is 0. The third-order valence-electron chi connectivity index (χ3n) is 3.19. The van der Waals surface area contributed by atoms with E-state index in [1.54, 1.807) is 30.3 Å². The zero-order valence-electron chi connectivity index (χ0n) is 12.5. The Morgan fingerprint density at radius 2 is 2.05 bits per heavy atom. The first kappa shape index (κ1) is 15.8. The molecule has 0 aliphatic rings. The van der Waals surface area contributed by atoms with E-state index in [1.807, 2.05) is 13.8 Å². The number of benzene rings is 2. The molecule has 3 nitrogen and oxygen atoms in total. The van der Waals surface area contributed by atoms with Crippen molar-refractivity contribution in [1.29, 1.82) is 0 Å². The van der Waals surface area contributed by atoms with E-state index in [2.05, 4.69) is 0 Å². The fourth-order valence-electron chi connectivity index (χ4n) is 2.21. The van der Waals surface area contributed by atoms with Gasteiger partial charge in [-0.25, -0.2) is 9.18 Å². The fraction of sp³-hybridized carbons (Fsp3) is 0.167. The van der Waals surface area contributed by atoms with Crippen LogP contribution in [-0.2, 0) is 4.79 Å². The predicted molar refractivity (Wildman–Crippen MR) is 84.3 cm³/mol. The summed E-state index contributed by atoms with van der Waals surface area (Å²) < 4.78 is 18.6. The van der Waals surface area contributed by atoms with Crippen molar-refractivity contribution in [3.63, 3.8) is 0 Å². The monoisotopic (exact) mass is 300 g/mol. The molecule has 0 spiro atoms. The number of halogens is 1. The number of carboxylic acid groups (broad SMARTS) is 1. The van der Waals surface area contributed by atoms with Crippen molar-refractivity contribution in [3.8, 4) is 5.75 Å². The lowest BCUT2D eigenvalue weighted by Gasteiger charge is -2.10. The van der Waals surface area contributed by atoms with Crippen LogP contribution < -0.4 is 4.74 Å². The van der Waals surface area contributed by atoms with E-state index < -0.39 is 11.8 Å². The molecular weight excluding hydrogens is 283 g/mol. The first-order valence-corrected chi connectivity index (χ1v) is 6.95. The third kappa shape index (κ3) is 3.73. The second-order valence-corrected chi connectivity index (χ2v) is 4.83. The first-order chi connectivity index (χ1) is 10.5. The van der Waals surface area contributed by atoms with Gasteiger partial charge in [0.05, 0.1) is 12.2 Å². The Hall–Kier alpha value is -2.62. The number of carboxylic acids is 1. The first-order valence-electron chi connectivity index (χ1n) is 6.95. The number of rotatable bonds is 5. The van der Waals surface area contributed by atoms with Crippen molar-refractivity contribution in [1.82, 2.24) is 0 Å². The Balaban J connectivity index is 2.46. The van der Waals surface area contributed by atoms with E-state index in [4.69, 9.17) is 4.74 Å². The highest BCUT2D eigenvalue weighted by Gasteiger charge is 2.14. The summed E-state index contributed by atoms with van der Waals surface area (Å²) in [6.45, 7) is 4.25. The number of aliphatic carboxylic acids is 1. The van der Waals surface area contributed by atoms with Crippen molar-refractivity contribution in [2.45, 2.75) is 13.8 Å². The summed E-state index contributed by atoms with van der Waals surface area (Å²) in [4.78, 5) is 11.6. The number of hydrogen-bond acceptors (Lipinski definition) is 2. The van der Waals surface area contributed by atoms with Gasteiger partial charge in [-0.3, -0.25) is 0 Å². The molecule has 0 radical (unpaired) electrons. The lowest BCUT2D eigenvalue weighted by Crippen LogP contribution is -2.02. The van der Waals surface area contributed by atoms with E-state index >= 15 is 0 Å². The van der Waals surface area contributed by atoms with Crippen LogP contribution in [0, 0.1) is 12.7 Å². The molecular formula is C18H17FO3. The maximum atomic E-state index is 13.2. The maximum Gasteiger partial charge on any atom is 0.336 e. The number of aryl methyl sites for hydroxylation is 1. The van der Waals surface area contributed by atoms with Crippen molar-refractivity contribution < 1.29 is 19.0 Å². The molecule has 1 N–H and O–H groups in total. The lowest BCUT2D eigenvalue weighted by molar-refractivity contribution is -0.130. The van der Waals surface area contributed by atoms with E-state index in [1.165, 1.54) is 18.2 Å². The molecule has 0 unspecified atom stereocenters. The number of ether oxygens (including phenoxy) is 1. The molecule has 0 aromatic heterocycles. The highest BCUT2D eigenvalue weighted by atomic mass is 19.1. The van der Waals surface area contributed by atoms with Crippen molar-refractivity contribution >= 4 is 17.6 Å². The summed E-state index contributed by atoms with van der Waals surface area (Å²) >= 11 is 0. The maximum absolute atomic E-state index is 13.2. The Morgan fingerprint density at radius 1 is 1.27 bits per heavy atom. The molecule has 0 saturated heterocycles. The summed E-state index contributed by atoms with van der Waals surface area (Å²) in [5.74, 6) is -0.766. The van der Waals surface area contributed by atoms with Gasteiger partial charge in [-0.1, -0.05) is 18.2 Å². The topological polar surface area (TPSA) is 46.5 Å². The Bertz CT molecular complexity index is 720. The number of hydrogen-bond donors (Lipinski definition) is 1. The molecule has 0 fully saturated rings. The van der Waals surface area contributed by atoms with Crippen molar-refractivity contribution in [3.05, 3.63) is 65.0 Å². The van der Waals surface area contributed by atoms with Crippen LogP contribution in [0.25, 0.3) is 11.6 Å². The molecule has 2 rings (SSSR count). The highest BCUT2D eigenvalue weighted by Crippen LogP contribution is 2.26. The molecule has 2 aromatic carbocycles. The van der Waals surface area contributed by atoms with Gasteiger partial charge in [-0.15, -0.1) is 0 Å². The van der Waals surface area contributed by atoms with Crippen molar-refractivity contribution in [2.75, 3.05) is 6.61 Å². The van der Waals surface area contributed by atoms with Crippen LogP contribution in [0.15, 0.2) is 42.5 Å². The average Bonchev–Trinajstić information content (AvgIpc) is 2.46. The van der Waals surface area contributed by atoms with Crippen LogP contribution in [0.2, 0.25) is 0 Å². The fourth-order valence-corrected chi connectivity index (χ4v) is 2.21. The van der Waals surface area contributed by atoms with E-state index in [0.717, 1.165) is 5.56 Å². The van der Waals surface area contributed by atoms with Crippen LogP contribution in [0.5, 0.6) is 5.75 Å². The molecule has 0 heterocycles. The lowest BCUT2D eigenvalue weighted by atomic mass is 9.98. The minimum Gasteiger partial charge on any atom is -0.494 e. The normalized spacial score (nSPS) is 11.3. The standard InChI is InChI=1S/C18H17FO3/c1-3-22-15-7-8-16(12(2)9-15)17(18(20)21)11-13-5-4-6-14(19)10-13/h4-11H,3H2,1-2H3,(H,20,21)/b17-11-. The minimum atomic E-state index is -1.06. The van der Waals surface area contributed by atoms with Gasteiger partial charge in [-0.05, 0) is 60.9 Å². The summed E-state index contributed by atoms with van der Waals surface area (Å²) in [5.41, 5.74) is 1.99. The molecule has 22 heavy (non-hydrogen) atoms. The smallest absolute Gasteiger partial charge is 0.336 e. The van der Waals surface area contributed by atoms with Gasteiger partial charge < -0.3 is 9.84 Å². The quantitative estimate of drug-likeness (QED) is 0.666. The Kier molecular flexibility index (Phi) is 4.94. The molecule has 0 atom stereocenters. The van der Waals surface area contributed by atoms with Gasteiger partial charge in [-0.2, -0.15) is 0 Å². The van der Waals surface area contributed by atoms with Crippen LogP contribution in [0.1, 0.15) is 23.6 Å². The van der Waals surface area contributed by atoms with Gasteiger partial charge in [0.25, 0.3) is 0 Å². The van der Waals surface area contributed by atoms with E-state index in [-0.39, 0.29) is 5.57 Å². The number of carbonyl (C=O) groups is 1. The third-order valence-corrected chi connectivity index (χ3v) is 3.19. The van der Waals surface area contributed by atoms with Gasteiger partial charge in [0, 0.05) is 0 Å². The molecule has 4 heteroatoms. The Morgan fingerprint density at radius 3 is 2.64 bits per heavy atom. The van der Waals surface area contributed by atoms with Crippen LogP contribution >= 0.6 is 0 Å². The van der Waals surface area contributed by atoms with Gasteiger partial charge >= 0.3 is 5.97 Å². The summed E-state index contributed by atoms with van der Waals surface area (Å²) in [5, 5.41) is 9.46. The second-order valence-electron chi connectivity index (χ2n) is 4.83. The summed E-state index contributed by atoms with van der Waals surface area (Å²) in [6.07, 6.45) is 1.47. The summed E-state index contributed by atoms with van der Waals surface area (Å²) in [6, 6.07) is 11.1. The van der Waals surface area contributed by atoms with E-state index in [9.17, 15) is 14.3 Å². The molecule has 0 amide bonds. The van der Waals surface area contributed by atoms with Gasteiger partial charge in [0.1, 0.15) is 11.6 Å². The average molecular weight is 300 g/mol. The van der Waals surface area contributed by atoms with Crippen LogP contribution in [0.3, 0.4) is 0 Å². The molecule has 0 saturated carbocycles. The van der Waals surface area contributed by atoms with Gasteiger partial charge in [0.15, 0.2) is 0 Å². The highest BCUT2D eigenvalue weighted by molar-refractivity contribution is 6.21. The zero-order valence-corrected chi connectivity index (χ0v) is 12.5.